The van der Waals surface area contributed by atoms with Crippen LogP contribution in [0.5, 0.6) is 11.5 Å². The van der Waals surface area contributed by atoms with Crippen molar-refractivity contribution >= 4 is 40.7 Å². The number of aromatic nitrogens is 3. The fraction of sp³-hybridized carbons (Fsp3) is 0.115. The molecule has 10 nitrogen and oxygen atoms in total. The van der Waals surface area contributed by atoms with E-state index in [-0.39, 0.29) is 36.2 Å². The Bertz CT molecular complexity index is 1470. The molecule has 0 spiro atoms. The van der Waals surface area contributed by atoms with Gasteiger partial charge in [-0.3, -0.25) is 19.0 Å². The molecule has 0 bridgehead atoms. The molecular formula is C26H23ClN6O4. The van der Waals surface area contributed by atoms with Gasteiger partial charge in [-0.05, 0) is 54.1 Å². The zero-order valence-electron chi connectivity index (χ0n) is 19.8. The molecule has 0 fully saturated rings. The molecule has 4 rings (SSSR count). The lowest BCUT2D eigenvalue weighted by molar-refractivity contribution is -0.115. The number of halogens is 1. The summed E-state index contributed by atoms with van der Waals surface area (Å²) in [5.74, 6) is 0.352. The zero-order valence-corrected chi connectivity index (χ0v) is 20.5. The van der Waals surface area contributed by atoms with E-state index in [4.69, 9.17) is 22.1 Å². The Labute approximate surface area is 217 Å². The van der Waals surface area contributed by atoms with Crippen LogP contribution in [0.3, 0.4) is 0 Å². The van der Waals surface area contributed by atoms with Gasteiger partial charge >= 0.3 is 0 Å². The van der Waals surface area contributed by atoms with Crippen molar-refractivity contribution in [1.82, 2.24) is 14.5 Å². The van der Waals surface area contributed by atoms with Crippen LogP contribution in [0.2, 0.25) is 5.02 Å². The number of anilines is 3. The Hall–Kier alpha value is -4.70. The average Bonchev–Trinajstić information content (AvgIpc) is 2.90. The molecule has 2 heterocycles. The molecule has 0 saturated carbocycles. The van der Waals surface area contributed by atoms with Crippen LogP contribution >= 0.6 is 11.6 Å². The average molecular weight is 519 g/mol. The molecule has 0 unspecified atom stereocenters. The quantitative estimate of drug-likeness (QED) is 0.299. The van der Waals surface area contributed by atoms with Crippen LogP contribution in [-0.2, 0) is 11.3 Å². The van der Waals surface area contributed by atoms with E-state index in [1.165, 1.54) is 23.0 Å². The number of carbonyl (C=O) groups excluding carboxylic acids is 2. The van der Waals surface area contributed by atoms with Crippen molar-refractivity contribution in [3.05, 3.63) is 99.7 Å². The fourth-order valence-corrected chi connectivity index (χ4v) is 3.42. The third kappa shape index (κ3) is 6.50. The van der Waals surface area contributed by atoms with E-state index < -0.39 is 11.5 Å². The Balaban J connectivity index is 1.56. The minimum Gasteiger partial charge on any atom is -0.456 e. The van der Waals surface area contributed by atoms with E-state index in [9.17, 15) is 14.4 Å². The molecule has 0 aliphatic rings. The minimum absolute atomic E-state index is 0.0890. The number of hydrogen-bond acceptors (Lipinski definition) is 7. The standard InChI is InChI=1S/C26H23ClN6O4/c1-2-23(34)32-22-14-30-26(33(25(22)36)15-16-3-5-17(27)6-4-16)31-18-7-9-19(10-8-18)37-20-11-12-21(24(28)35)29-13-20/h3-14H,2,15H2,1H3,(H2,28,35)(H,30,31)(H,32,34). The Morgan fingerprint density at radius 1 is 0.973 bits per heavy atom. The molecule has 2 aromatic heterocycles. The number of nitrogens with one attached hydrogen (secondary N) is 2. The summed E-state index contributed by atoms with van der Waals surface area (Å²) >= 11 is 5.99. The summed E-state index contributed by atoms with van der Waals surface area (Å²) in [5, 5.41) is 6.32. The molecule has 0 aliphatic carbocycles. The Morgan fingerprint density at radius 2 is 1.68 bits per heavy atom. The lowest BCUT2D eigenvalue weighted by Gasteiger charge is -2.16. The maximum atomic E-state index is 13.2. The molecule has 11 heteroatoms. The van der Waals surface area contributed by atoms with E-state index in [0.29, 0.717) is 22.2 Å². The van der Waals surface area contributed by atoms with E-state index in [1.54, 1.807) is 49.4 Å². The van der Waals surface area contributed by atoms with Gasteiger partial charge in [-0.2, -0.15) is 0 Å². The third-order valence-corrected chi connectivity index (χ3v) is 5.48. The maximum Gasteiger partial charge on any atom is 0.279 e. The second kappa shape index (κ2) is 11.4. The summed E-state index contributed by atoms with van der Waals surface area (Å²) in [6.07, 6.45) is 2.97. The lowest BCUT2D eigenvalue weighted by atomic mass is 10.2. The summed E-state index contributed by atoms with van der Waals surface area (Å²) in [6.45, 7) is 1.90. The number of nitrogens with two attached hydrogens (primary N) is 1. The lowest BCUT2D eigenvalue weighted by Crippen LogP contribution is -2.28. The van der Waals surface area contributed by atoms with E-state index in [1.807, 2.05) is 12.1 Å². The van der Waals surface area contributed by atoms with Crippen molar-refractivity contribution in [2.24, 2.45) is 5.73 Å². The number of primary amides is 1. The first-order valence-electron chi connectivity index (χ1n) is 11.3. The van der Waals surface area contributed by atoms with Gasteiger partial charge in [-0.1, -0.05) is 30.7 Å². The molecule has 37 heavy (non-hydrogen) atoms. The second-order valence-corrected chi connectivity index (χ2v) is 8.35. The molecule has 2 aromatic carbocycles. The largest absolute Gasteiger partial charge is 0.456 e. The van der Waals surface area contributed by atoms with Crippen LogP contribution < -0.4 is 26.7 Å². The van der Waals surface area contributed by atoms with Crippen LogP contribution in [0.4, 0.5) is 17.3 Å². The van der Waals surface area contributed by atoms with E-state index in [2.05, 4.69) is 20.6 Å². The number of nitrogens with zero attached hydrogens (tertiary/aromatic N) is 3. The summed E-state index contributed by atoms with van der Waals surface area (Å²) in [5.41, 5.74) is 6.51. The molecule has 0 radical (unpaired) electrons. The normalized spacial score (nSPS) is 10.5. The fourth-order valence-electron chi connectivity index (χ4n) is 3.29. The topological polar surface area (TPSA) is 141 Å². The van der Waals surface area contributed by atoms with Crippen molar-refractivity contribution in [3.63, 3.8) is 0 Å². The van der Waals surface area contributed by atoms with E-state index >= 15 is 0 Å². The molecule has 4 aromatic rings. The van der Waals surface area contributed by atoms with Crippen LogP contribution in [0, 0.1) is 0 Å². The molecular weight excluding hydrogens is 496 g/mol. The number of amides is 2. The molecule has 0 atom stereocenters. The highest BCUT2D eigenvalue weighted by Gasteiger charge is 2.13. The number of benzene rings is 2. The molecule has 0 saturated heterocycles. The number of pyridine rings is 1. The summed E-state index contributed by atoms with van der Waals surface area (Å²) < 4.78 is 7.18. The van der Waals surface area contributed by atoms with Gasteiger partial charge in [0, 0.05) is 17.1 Å². The zero-order chi connectivity index (χ0) is 26.4. The van der Waals surface area contributed by atoms with Crippen molar-refractivity contribution < 1.29 is 14.3 Å². The highest BCUT2D eigenvalue weighted by Crippen LogP contribution is 2.24. The van der Waals surface area contributed by atoms with Gasteiger partial charge in [0.25, 0.3) is 11.5 Å². The van der Waals surface area contributed by atoms with Gasteiger partial charge in [0.1, 0.15) is 22.9 Å². The molecule has 188 valence electrons. The van der Waals surface area contributed by atoms with E-state index in [0.717, 1.165) is 5.56 Å². The van der Waals surface area contributed by atoms with Crippen LogP contribution in [-0.4, -0.2) is 26.3 Å². The third-order valence-electron chi connectivity index (χ3n) is 5.23. The van der Waals surface area contributed by atoms with Crippen molar-refractivity contribution in [2.45, 2.75) is 19.9 Å². The summed E-state index contributed by atoms with van der Waals surface area (Å²) in [7, 11) is 0. The predicted octanol–water partition coefficient (Wildman–Crippen LogP) is 4.32. The smallest absolute Gasteiger partial charge is 0.279 e. The van der Waals surface area contributed by atoms with Crippen molar-refractivity contribution in [2.75, 3.05) is 10.6 Å². The van der Waals surface area contributed by atoms with Crippen LogP contribution in [0.15, 0.2) is 77.9 Å². The highest BCUT2D eigenvalue weighted by molar-refractivity contribution is 6.30. The SMILES string of the molecule is CCC(=O)Nc1cnc(Nc2ccc(Oc3ccc(C(N)=O)nc3)cc2)n(Cc2ccc(Cl)cc2)c1=O. The highest BCUT2D eigenvalue weighted by atomic mass is 35.5. The van der Waals surface area contributed by atoms with Gasteiger partial charge < -0.3 is 21.1 Å². The first-order valence-corrected chi connectivity index (χ1v) is 11.6. The van der Waals surface area contributed by atoms with Gasteiger partial charge in [-0.25, -0.2) is 9.97 Å². The Morgan fingerprint density at radius 3 is 2.30 bits per heavy atom. The monoisotopic (exact) mass is 518 g/mol. The first-order chi connectivity index (χ1) is 17.8. The predicted molar refractivity (Wildman–Crippen MR) is 141 cm³/mol. The minimum atomic E-state index is -0.620. The molecule has 0 aliphatic heterocycles. The molecule has 4 N–H and O–H groups in total. The number of carbonyl (C=O) groups is 2. The number of ether oxygens (including phenoxy) is 1. The second-order valence-electron chi connectivity index (χ2n) is 7.91. The van der Waals surface area contributed by atoms with Gasteiger partial charge in [0.2, 0.25) is 11.9 Å². The van der Waals surface area contributed by atoms with Crippen LogP contribution in [0.1, 0.15) is 29.4 Å². The maximum absolute atomic E-state index is 13.2. The van der Waals surface area contributed by atoms with Gasteiger partial charge in [0.15, 0.2) is 0 Å². The van der Waals surface area contributed by atoms with Crippen molar-refractivity contribution in [3.8, 4) is 11.5 Å². The number of rotatable bonds is 9. The Kier molecular flexibility index (Phi) is 7.80. The molecule has 2 amide bonds. The number of hydrogen-bond donors (Lipinski definition) is 3. The summed E-state index contributed by atoms with van der Waals surface area (Å²) in [6, 6.07) is 17.1. The van der Waals surface area contributed by atoms with Gasteiger partial charge in [-0.15, -0.1) is 0 Å². The van der Waals surface area contributed by atoms with Crippen LogP contribution in [0.25, 0.3) is 0 Å². The van der Waals surface area contributed by atoms with Crippen molar-refractivity contribution in [1.29, 1.82) is 0 Å². The first kappa shape index (κ1) is 25.4. The summed E-state index contributed by atoms with van der Waals surface area (Å²) in [4.78, 5) is 44.6. The van der Waals surface area contributed by atoms with Gasteiger partial charge in [0.05, 0.1) is 18.9 Å².